The Labute approximate surface area is 198 Å². The van der Waals surface area contributed by atoms with Gasteiger partial charge in [-0.1, -0.05) is 18.2 Å². The fourth-order valence-electron chi connectivity index (χ4n) is 2.51. The summed E-state index contributed by atoms with van der Waals surface area (Å²) in [7, 11) is 0. The normalized spacial score (nSPS) is 12.3. The highest BCUT2D eigenvalue weighted by molar-refractivity contribution is 14.0. The van der Waals surface area contributed by atoms with Gasteiger partial charge in [0.25, 0.3) is 0 Å². The van der Waals surface area contributed by atoms with Crippen molar-refractivity contribution < 1.29 is 23.4 Å². The van der Waals surface area contributed by atoms with Gasteiger partial charge in [-0.3, -0.25) is 0 Å². The van der Waals surface area contributed by atoms with E-state index in [-0.39, 0.29) is 42.4 Å². The third-order valence-corrected chi connectivity index (χ3v) is 3.87. The SMILES string of the molecule is CCNC(=NCc1ccc(OC(C)C)nc1)NCC(O)c1ccc(OC(F)F)cc1.I. The largest absolute Gasteiger partial charge is 0.475 e. The molecule has 1 unspecified atom stereocenters. The van der Waals surface area contributed by atoms with E-state index in [0.717, 1.165) is 5.56 Å². The van der Waals surface area contributed by atoms with E-state index in [9.17, 15) is 13.9 Å². The van der Waals surface area contributed by atoms with Gasteiger partial charge in [-0.25, -0.2) is 9.98 Å². The first-order chi connectivity index (χ1) is 14.4. The minimum absolute atomic E-state index is 0. The molecule has 1 aromatic carbocycles. The van der Waals surface area contributed by atoms with Crippen LogP contribution >= 0.6 is 24.0 Å². The maximum atomic E-state index is 12.2. The number of ether oxygens (including phenoxy) is 2. The molecule has 3 N–H and O–H groups in total. The quantitative estimate of drug-likeness (QED) is 0.237. The van der Waals surface area contributed by atoms with Crippen LogP contribution in [0.1, 0.15) is 38.0 Å². The predicted molar refractivity (Wildman–Crippen MR) is 126 cm³/mol. The molecule has 172 valence electrons. The zero-order chi connectivity index (χ0) is 21.9. The molecular formula is C21H29F2IN4O3. The molecule has 31 heavy (non-hydrogen) atoms. The van der Waals surface area contributed by atoms with Crippen molar-refractivity contribution in [2.24, 2.45) is 4.99 Å². The molecule has 0 aliphatic carbocycles. The first-order valence-corrected chi connectivity index (χ1v) is 9.74. The fraction of sp³-hybridized carbons (Fsp3) is 0.429. The number of nitrogens with one attached hydrogen (secondary N) is 2. The molecule has 10 heteroatoms. The third kappa shape index (κ3) is 10.1. The molecule has 0 saturated carbocycles. The summed E-state index contributed by atoms with van der Waals surface area (Å²) in [4.78, 5) is 8.74. The number of halogens is 3. The predicted octanol–water partition coefficient (Wildman–Crippen LogP) is 3.88. The average molecular weight is 550 g/mol. The van der Waals surface area contributed by atoms with E-state index in [0.29, 0.717) is 30.5 Å². The molecule has 0 radical (unpaired) electrons. The van der Waals surface area contributed by atoms with Gasteiger partial charge in [0, 0.05) is 25.4 Å². The molecule has 0 bridgehead atoms. The van der Waals surface area contributed by atoms with Crippen LogP contribution in [0.2, 0.25) is 0 Å². The van der Waals surface area contributed by atoms with Crippen LogP contribution in [0, 0.1) is 0 Å². The van der Waals surface area contributed by atoms with Gasteiger partial charge in [-0.05, 0) is 44.0 Å². The number of nitrogens with zero attached hydrogens (tertiary/aromatic N) is 2. The van der Waals surface area contributed by atoms with Crippen LogP contribution in [0.5, 0.6) is 11.6 Å². The van der Waals surface area contributed by atoms with E-state index in [1.165, 1.54) is 12.1 Å². The monoisotopic (exact) mass is 550 g/mol. The summed E-state index contributed by atoms with van der Waals surface area (Å²) < 4.78 is 34.3. The smallest absolute Gasteiger partial charge is 0.387 e. The summed E-state index contributed by atoms with van der Waals surface area (Å²) in [5.41, 5.74) is 1.49. The number of hydrogen-bond acceptors (Lipinski definition) is 5. The standard InChI is InChI=1S/C21H28F2N4O3.HI/c1-4-24-21(26-12-15-5-10-19(25-11-15)29-14(2)3)27-13-18(28)16-6-8-17(9-7-16)30-20(22)23;/h5-11,14,18,20,28H,4,12-13H2,1-3H3,(H2,24,26,27);1H. The summed E-state index contributed by atoms with van der Waals surface area (Å²) in [5, 5.41) is 16.5. The van der Waals surface area contributed by atoms with Gasteiger partial charge in [0.2, 0.25) is 5.88 Å². The highest BCUT2D eigenvalue weighted by atomic mass is 127. The summed E-state index contributed by atoms with van der Waals surface area (Å²) in [5.74, 6) is 1.15. The van der Waals surface area contributed by atoms with Crippen molar-refractivity contribution in [3.8, 4) is 11.6 Å². The van der Waals surface area contributed by atoms with Crippen molar-refractivity contribution in [3.05, 3.63) is 53.7 Å². The molecule has 1 heterocycles. The molecule has 0 amide bonds. The van der Waals surface area contributed by atoms with Crippen LogP contribution in [-0.4, -0.2) is 41.9 Å². The number of guanidine groups is 1. The zero-order valence-corrected chi connectivity index (χ0v) is 20.0. The topological polar surface area (TPSA) is 88.0 Å². The lowest BCUT2D eigenvalue weighted by atomic mass is 10.1. The van der Waals surface area contributed by atoms with Crippen LogP contribution < -0.4 is 20.1 Å². The second kappa shape index (κ2) is 14.0. The Balaban J connectivity index is 0.00000480. The molecule has 1 aromatic heterocycles. The van der Waals surface area contributed by atoms with Crippen LogP contribution in [0.15, 0.2) is 47.6 Å². The van der Waals surface area contributed by atoms with Crippen LogP contribution in [0.3, 0.4) is 0 Å². The number of rotatable bonds is 10. The third-order valence-electron chi connectivity index (χ3n) is 3.87. The number of aliphatic imine (C=N–C) groups is 1. The van der Waals surface area contributed by atoms with Crippen molar-refractivity contribution in [1.29, 1.82) is 0 Å². The van der Waals surface area contributed by atoms with Gasteiger partial charge in [0.1, 0.15) is 5.75 Å². The number of hydrogen-bond donors (Lipinski definition) is 3. The molecule has 7 nitrogen and oxygen atoms in total. The number of pyridine rings is 1. The molecule has 1 atom stereocenters. The lowest BCUT2D eigenvalue weighted by Crippen LogP contribution is -2.39. The Morgan fingerprint density at radius 3 is 2.35 bits per heavy atom. The highest BCUT2D eigenvalue weighted by Gasteiger charge is 2.10. The van der Waals surface area contributed by atoms with Gasteiger partial charge in [0.05, 0.1) is 18.8 Å². The van der Waals surface area contributed by atoms with Crippen molar-refractivity contribution >= 4 is 29.9 Å². The molecule has 0 fully saturated rings. The Hall–Kier alpha value is -2.21. The lowest BCUT2D eigenvalue weighted by Gasteiger charge is -2.16. The lowest BCUT2D eigenvalue weighted by molar-refractivity contribution is -0.0498. The van der Waals surface area contributed by atoms with E-state index in [2.05, 4.69) is 25.3 Å². The van der Waals surface area contributed by atoms with Crippen LogP contribution in [-0.2, 0) is 6.54 Å². The Bertz CT molecular complexity index is 790. The first-order valence-electron chi connectivity index (χ1n) is 9.74. The average Bonchev–Trinajstić information content (AvgIpc) is 2.70. The number of aromatic nitrogens is 1. The maximum Gasteiger partial charge on any atom is 0.387 e. The van der Waals surface area contributed by atoms with Crippen molar-refractivity contribution in [3.63, 3.8) is 0 Å². The summed E-state index contributed by atoms with van der Waals surface area (Å²) in [6, 6.07) is 9.57. The van der Waals surface area contributed by atoms with Crippen LogP contribution in [0.4, 0.5) is 8.78 Å². The second-order valence-corrected chi connectivity index (χ2v) is 6.71. The Kier molecular flexibility index (Phi) is 12.1. The van der Waals surface area contributed by atoms with Gasteiger partial charge in [-0.15, -0.1) is 24.0 Å². The van der Waals surface area contributed by atoms with E-state index >= 15 is 0 Å². The van der Waals surface area contributed by atoms with Gasteiger partial charge in [0.15, 0.2) is 5.96 Å². The molecule has 0 spiro atoms. The molecule has 0 saturated heterocycles. The zero-order valence-electron chi connectivity index (χ0n) is 17.7. The summed E-state index contributed by atoms with van der Waals surface area (Å²) >= 11 is 0. The summed E-state index contributed by atoms with van der Waals surface area (Å²) in [6.07, 6.45) is 0.928. The first kappa shape index (κ1) is 26.8. The number of aliphatic hydroxyl groups excluding tert-OH is 1. The minimum Gasteiger partial charge on any atom is -0.475 e. The van der Waals surface area contributed by atoms with E-state index < -0.39 is 12.7 Å². The second-order valence-electron chi connectivity index (χ2n) is 6.71. The Morgan fingerprint density at radius 2 is 1.81 bits per heavy atom. The summed E-state index contributed by atoms with van der Waals surface area (Å²) in [6.45, 7) is 4.19. The van der Waals surface area contributed by atoms with E-state index in [1.807, 2.05) is 26.8 Å². The fourth-order valence-corrected chi connectivity index (χ4v) is 2.51. The van der Waals surface area contributed by atoms with Crippen molar-refractivity contribution in [2.75, 3.05) is 13.1 Å². The van der Waals surface area contributed by atoms with E-state index in [4.69, 9.17) is 4.74 Å². The molecular weight excluding hydrogens is 521 g/mol. The molecule has 0 aliphatic rings. The molecule has 2 aromatic rings. The number of benzene rings is 1. The van der Waals surface area contributed by atoms with Crippen molar-refractivity contribution in [2.45, 2.75) is 46.1 Å². The van der Waals surface area contributed by atoms with E-state index in [1.54, 1.807) is 24.4 Å². The minimum atomic E-state index is -2.88. The number of alkyl halides is 2. The number of aliphatic hydroxyl groups is 1. The highest BCUT2D eigenvalue weighted by Crippen LogP contribution is 2.19. The van der Waals surface area contributed by atoms with Gasteiger partial charge < -0.3 is 25.2 Å². The van der Waals surface area contributed by atoms with Crippen LogP contribution in [0.25, 0.3) is 0 Å². The Morgan fingerprint density at radius 1 is 1.10 bits per heavy atom. The molecule has 2 rings (SSSR count). The molecule has 0 aliphatic heterocycles. The van der Waals surface area contributed by atoms with Gasteiger partial charge in [-0.2, -0.15) is 8.78 Å². The van der Waals surface area contributed by atoms with Gasteiger partial charge >= 0.3 is 6.61 Å². The maximum absolute atomic E-state index is 12.2. The van der Waals surface area contributed by atoms with Crippen molar-refractivity contribution in [1.82, 2.24) is 15.6 Å².